The van der Waals surface area contributed by atoms with Crippen LogP contribution in [0.15, 0.2) is 40.5 Å². The highest BCUT2D eigenvalue weighted by atomic mass is 19.4. The third-order valence-electron chi connectivity index (χ3n) is 1.58. The first-order valence-corrected chi connectivity index (χ1v) is 4.20. The molecule has 4 nitrogen and oxygen atoms in total. The molecule has 0 bridgehead atoms. The molecule has 0 saturated carbocycles. The topological polar surface area (TPSA) is 76.8 Å². The Labute approximate surface area is 89.5 Å². The highest BCUT2D eigenvalue weighted by Crippen LogP contribution is 2.22. The summed E-state index contributed by atoms with van der Waals surface area (Å²) in [7, 11) is 0. The number of nitrogens with two attached hydrogens (primary N) is 2. The highest BCUT2D eigenvalue weighted by Gasteiger charge is 2.37. The summed E-state index contributed by atoms with van der Waals surface area (Å²) < 4.78 is 37.7. The zero-order valence-electron chi connectivity index (χ0n) is 8.07. The van der Waals surface area contributed by atoms with Gasteiger partial charge >= 0.3 is 6.18 Å². The number of hydrogen-bond acceptors (Lipinski definition) is 2. The average Bonchev–Trinajstić information content (AvgIpc) is 2.17. The summed E-state index contributed by atoms with van der Waals surface area (Å²) in [6.45, 7) is 0. The van der Waals surface area contributed by atoms with Crippen molar-refractivity contribution in [3.05, 3.63) is 35.9 Å². The molecule has 1 aromatic rings. The molecule has 0 aromatic heterocycles. The molecule has 16 heavy (non-hydrogen) atoms. The van der Waals surface area contributed by atoms with Crippen LogP contribution in [0, 0.1) is 0 Å². The van der Waals surface area contributed by atoms with Gasteiger partial charge in [0.1, 0.15) is 0 Å². The first-order chi connectivity index (χ1) is 7.41. The molecule has 0 unspecified atom stereocenters. The number of benzene rings is 1. The van der Waals surface area contributed by atoms with Crippen molar-refractivity contribution < 1.29 is 13.2 Å². The second kappa shape index (κ2) is 4.65. The zero-order valence-corrected chi connectivity index (χ0v) is 8.07. The normalized spacial score (nSPS) is 12.3. The minimum Gasteiger partial charge on any atom is -0.369 e. The monoisotopic (exact) mass is 230 g/mol. The number of rotatable bonds is 2. The van der Waals surface area contributed by atoms with Crippen molar-refractivity contribution in [1.29, 1.82) is 0 Å². The summed E-state index contributed by atoms with van der Waals surface area (Å²) in [4.78, 5) is 0. The van der Waals surface area contributed by atoms with Crippen LogP contribution in [-0.2, 0) is 0 Å². The lowest BCUT2D eigenvalue weighted by Gasteiger charge is -2.08. The van der Waals surface area contributed by atoms with Crippen molar-refractivity contribution in [3.63, 3.8) is 0 Å². The molecule has 4 N–H and O–H groups in total. The maximum atomic E-state index is 12.6. The van der Waals surface area contributed by atoms with Gasteiger partial charge in [0.15, 0.2) is 5.71 Å². The van der Waals surface area contributed by atoms with Crippen molar-refractivity contribution in [2.24, 2.45) is 21.7 Å². The van der Waals surface area contributed by atoms with E-state index in [4.69, 9.17) is 11.5 Å². The Hall–Kier alpha value is -2.05. The molecular formula is C9H9F3N4. The van der Waals surface area contributed by atoms with Crippen LogP contribution in [0.3, 0.4) is 0 Å². The molecular weight excluding hydrogens is 221 g/mol. The highest BCUT2D eigenvalue weighted by molar-refractivity contribution is 6.04. The van der Waals surface area contributed by atoms with Gasteiger partial charge in [-0.2, -0.15) is 13.2 Å². The molecule has 0 amide bonds. The smallest absolute Gasteiger partial charge is 0.369 e. The number of guanidine groups is 1. The van der Waals surface area contributed by atoms with E-state index in [1.54, 1.807) is 6.07 Å². The Balaban J connectivity index is 3.18. The fraction of sp³-hybridized carbons (Fsp3) is 0.111. The molecule has 0 spiro atoms. The summed E-state index contributed by atoms with van der Waals surface area (Å²) in [5.41, 5.74) is 8.60. The van der Waals surface area contributed by atoms with Gasteiger partial charge in [0.25, 0.3) is 0 Å². The Morgan fingerprint density at radius 3 is 2.00 bits per heavy atom. The molecule has 0 aliphatic heterocycles. The summed E-state index contributed by atoms with van der Waals surface area (Å²) >= 11 is 0. The van der Waals surface area contributed by atoms with Crippen LogP contribution < -0.4 is 11.5 Å². The number of nitrogens with zero attached hydrogens (tertiary/aromatic N) is 2. The summed E-state index contributed by atoms with van der Waals surface area (Å²) in [6, 6.07) is 7.07. The Bertz CT molecular complexity index is 405. The fourth-order valence-corrected chi connectivity index (χ4v) is 0.982. The van der Waals surface area contributed by atoms with E-state index in [-0.39, 0.29) is 5.56 Å². The van der Waals surface area contributed by atoms with Gasteiger partial charge in [-0.1, -0.05) is 30.3 Å². The largest absolute Gasteiger partial charge is 0.435 e. The van der Waals surface area contributed by atoms with Crippen molar-refractivity contribution in [2.75, 3.05) is 0 Å². The molecule has 1 rings (SSSR count). The van der Waals surface area contributed by atoms with Crippen molar-refractivity contribution >= 4 is 11.7 Å². The van der Waals surface area contributed by atoms with Gasteiger partial charge in [0, 0.05) is 5.56 Å². The van der Waals surface area contributed by atoms with Gasteiger partial charge in [-0.15, -0.1) is 10.2 Å². The van der Waals surface area contributed by atoms with Crippen molar-refractivity contribution in [2.45, 2.75) is 6.18 Å². The van der Waals surface area contributed by atoms with Crippen molar-refractivity contribution in [1.82, 2.24) is 0 Å². The van der Waals surface area contributed by atoms with E-state index in [0.717, 1.165) is 0 Å². The first-order valence-electron chi connectivity index (χ1n) is 4.20. The van der Waals surface area contributed by atoms with E-state index in [9.17, 15) is 13.2 Å². The molecule has 0 aliphatic carbocycles. The van der Waals surface area contributed by atoms with Gasteiger partial charge in [-0.05, 0) is 0 Å². The van der Waals surface area contributed by atoms with Crippen LogP contribution in [0.25, 0.3) is 0 Å². The lowest BCUT2D eigenvalue weighted by atomic mass is 10.1. The van der Waals surface area contributed by atoms with E-state index in [0.29, 0.717) is 0 Å². The standard InChI is InChI=1S/C9H9F3N4/c10-9(11,12)7(15-16-8(13)14)6-4-2-1-3-5-6/h1-5H,(H4,13,14,16). The second-order valence-electron chi connectivity index (χ2n) is 2.84. The molecule has 0 radical (unpaired) electrons. The SMILES string of the molecule is NC(N)=NN=C(c1ccccc1)C(F)(F)F. The van der Waals surface area contributed by atoms with Crippen LogP contribution in [0.1, 0.15) is 5.56 Å². The average molecular weight is 230 g/mol. The zero-order chi connectivity index (χ0) is 12.2. The lowest BCUT2D eigenvalue weighted by molar-refractivity contribution is -0.0582. The van der Waals surface area contributed by atoms with Crippen LogP contribution >= 0.6 is 0 Å². The van der Waals surface area contributed by atoms with Crippen LogP contribution in [0.4, 0.5) is 13.2 Å². The minimum atomic E-state index is -4.61. The number of halogens is 3. The predicted molar refractivity (Wildman–Crippen MR) is 54.8 cm³/mol. The van der Waals surface area contributed by atoms with E-state index in [1.165, 1.54) is 24.3 Å². The minimum absolute atomic E-state index is 0.0972. The van der Waals surface area contributed by atoms with Crippen LogP contribution in [-0.4, -0.2) is 17.8 Å². The summed E-state index contributed by atoms with van der Waals surface area (Å²) in [6.07, 6.45) is -4.61. The predicted octanol–water partition coefficient (Wildman–Crippen LogP) is 1.23. The molecule has 7 heteroatoms. The third kappa shape index (κ3) is 3.26. The van der Waals surface area contributed by atoms with Crippen molar-refractivity contribution in [3.8, 4) is 0 Å². The van der Waals surface area contributed by atoms with E-state index in [1.807, 2.05) is 0 Å². The Kier molecular flexibility index (Phi) is 3.49. The van der Waals surface area contributed by atoms with Gasteiger partial charge in [-0.25, -0.2) is 0 Å². The first kappa shape index (κ1) is 12.0. The molecule has 86 valence electrons. The summed E-state index contributed by atoms with van der Waals surface area (Å²) in [5, 5.41) is 6.00. The number of hydrogen-bond donors (Lipinski definition) is 2. The Morgan fingerprint density at radius 2 is 1.56 bits per heavy atom. The van der Waals surface area contributed by atoms with Crippen LogP contribution in [0.5, 0.6) is 0 Å². The maximum Gasteiger partial charge on any atom is 0.435 e. The van der Waals surface area contributed by atoms with E-state index >= 15 is 0 Å². The molecule has 0 heterocycles. The molecule has 0 atom stereocenters. The van der Waals surface area contributed by atoms with E-state index in [2.05, 4.69) is 10.2 Å². The Morgan fingerprint density at radius 1 is 1.00 bits per heavy atom. The van der Waals surface area contributed by atoms with Gasteiger partial charge in [-0.3, -0.25) is 0 Å². The molecule has 0 fully saturated rings. The van der Waals surface area contributed by atoms with Gasteiger partial charge in [0.05, 0.1) is 0 Å². The quantitative estimate of drug-likeness (QED) is 0.455. The van der Waals surface area contributed by atoms with Crippen LogP contribution in [0.2, 0.25) is 0 Å². The van der Waals surface area contributed by atoms with Gasteiger partial charge in [0.2, 0.25) is 5.96 Å². The fourth-order valence-electron chi connectivity index (χ4n) is 0.982. The molecule has 0 saturated heterocycles. The van der Waals surface area contributed by atoms with Gasteiger partial charge < -0.3 is 11.5 Å². The second-order valence-corrected chi connectivity index (χ2v) is 2.84. The lowest BCUT2D eigenvalue weighted by Crippen LogP contribution is -2.26. The summed E-state index contributed by atoms with van der Waals surface area (Å²) in [5.74, 6) is -0.530. The maximum absolute atomic E-state index is 12.6. The number of alkyl halides is 3. The third-order valence-corrected chi connectivity index (χ3v) is 1.58. The van der Waals surface area contributed by atoms with E-state index < -0.39 is 17.8 Å². The molecule has 1 aromatic carbocycles. The molecule has 0 aliphatic rings.